The average molecular weight is 515 g/mol. The molecule has 4 aromatic rings. The van der Waals surface area contributed by atoms with Gasteiger partial charge in [-0.1, -0.05) is 66.7 Å². The molecule has 0 saturated carbocycles. The lowest BCUT2D eigenvalue weighted by Gasteiger charge is -2.18. The zero-order valence-corrected chi connectivity index (χ0v) is 21.6. The summed E-state index contributed by atoms with van der Waals surface area (Å²) >= 11 is 1.67. The Morgan fingerprint density at radius 3 is 2.30 bits per heavy atom. The van der Waals surface area contributed by atoms with Crippen molar-refractivity contribution in [3.05, 3.63) is 124 Å². The maximum Gasteiger partial charge on any atom is 0.344 e. The van der Waals surface area contributed by atoms with Gasteiger partial charge in [-0.05, 0) is 54.5 Å². The highest BCUT2D eigenvalue weighted by Crippen LogP contribution is 2.30. The zero-order chi connectivity index (χ0) is 25.9. The van der Waals surface area contributed by atoms with Crippen molar-refractivity contribution in [2.24, 2.45) is 0 Å². The van der Waals surface area contributed by atoms with E-state index in [1.165, 1.54) is 0 Å². The van der Waals surface area contributed by atoms with E-state index >= 15 is 0 Å². The van der Waals surface area contributed by atoms with E-state index in [9.17, 15) is 9.59 Å². The lowest BCUT2D eigenvalue weighted by molar-refractivity contribution is -0.145. The quantitative estimate of drug-likeness (QED) is 0.140. The number of hydrogen-bond acceptors (Lipinski definition) is 6. The highest BCUT2D eigenvalue weighted by molar-refractivity contribution is 7.99. The minimum atomic E-state index is -0.387. The number of esters is 1. The van der Waals surface area contributed by atoms with Gasteiger partial charge in [0.25, 0.3) is 5.56 Å². The van der Waals surface area contributed by atoms with E-state index < -0.39 is 0 Å². The first kappa shape index (κ1) is 26.2. The number of aromatic nitrogens is 2. The third-order valence-electron chi connectivity index (χ3n) is 5.70. The maximum atomic E-state index is 12.6. The SMILES string of the molecule is CCOC(=O)COc1cccc(SCCCn2nc(C(c3ccccc3)c3ccccc3)ccc2=O)c1. The van der Waals surface area contributed by atoms with E-state index in [0.717, 1.165) is 33.9 Å². The Bertz CT molecular complexity index is 1300. The van der Waals surface area contributed by atoms with Crippen LogP contribution in [0.25, 0.3) is 0 Å². The van der Waals surface area contributed by atoms with E-state index in [-0.39, 0.29) is 24.1 Å². The van der Waals surface area contributed by atoms with Gasteiger partial charge in [-0.25, -0.2) is 9.48 Å². The first-order chi connectivity index (χ1) is 18.1. The molecule has 0 N–H and O–H groups in total. The Morgan fingerprint density at radius 1 is 0.919 bits per heavy atom. The first-order valence-electron chi connectivity index (χ1n) is 12.3. The molecule has 0 aliphatic carbocycles. The van der Waals surface area contributed by atoms with Crippen LogP contribution in [0.4, 0.5) is 0 Å². The summed E-state index contributed by atoms with van der Waals surface area (Å²) in [7, 11) is 0. The predicted molar refractivity (Wildman–Crippen MR) is 146 cm³/mol. The first-order valence-corrected chi connectivity index (χ1v) is 13.3. The second-order valence-corrected chi connectivity index (χ2v) is 9.51. The van der Waals surface area contributed by atoms with Gasteiger partial charge in [0.1, 0.15) is 5.75 Å². The molecule has 0 radical (unpaired) electrons. The molecule has 0 saturated heterocycles. The van der Waals surface area contributed by atoms with Crippen molar-refractivity contribution in [1.82, 2.24) is 9.78 Å². The van der Waals surface area contributed by atoms with Crippen LogP contribution in [0.1, 0.15) is 36.1 Å². The van der Waals surface area contributed by atoms with Crippen molar-refractivity contribution in [1.29, 1.82) is 0 Å². The van der Waals surface area contributed by atoms with Crippen LogP contribution in [0.2, 0.25) is 0 Å². The van der Waals surface area contributed by atoms with Crippen LogP contribution >= 0.6 is 11.8 Å². The van der Waals surface area contributed by atoms with Gasteiger partial charge >= 0.3 is 5.97 Å². The molecule has 1 aromatic heterocycles. The average Bonchev–Trinajstić information content (AvgIpc) is 2.93. The molecule has 1 heterocycles. The molecule has 3 aromatic carbocycles. The van der Waals surface area contributed by atoms with Crippen LogP contribution in [0.5, 0.6) is 5.75 Å². The Kier molecular flexibility index (Phi) is 9.54. The summed E-state index contributed by atoms with van der Waals surface area (Å²) in [5, 5.41) is 4.77. The van der Waals surface area contributed by atoms with Gasteiger partial charge in [0.2, 0.25) is 0 Å². The number of carbonyl (C=O) groups is 1. The third kappa shape index (κ3) is 7.57. The number of nitrogens with zero attached hydrogens (tertiary/aromatic N) is 2. The molecule has 0 unspecified atom stereocenters. The van der Waals surface area contributed by atoms with E-state index in [0.29, 0.717) is 18.9 Å². The predicted octanol–water partition coefficient (Wildman–Crippen LogP) is 5.55. The van der Waals surface area contributed by atoms with Crippen LogP contribution in [0.15, 0.2) is 107 Å². The topological polar surface area (TPSA) is 70.4 Å². The molecule has 4 rings (SSSR count). The van der Waals surface area contributed by atoms with Gasteiger partial charge in [0, 0.05) is 17.5 Å². The lowest BCUT2D eigenvalue weighted by Crippen LogP contribution is -2.24. The molecule has 0 atom stereocenters. The molecule has 37 heavy (non-hydrogen) atoms. The van der Waals surface area contributed by atoms with Gasteiger partial charge in [-0.3, -0.25) is 4.79 Å². The second kappa shape index (κ2) is 13.5. The molecule has 7 heteroatoms. The Hall–Kier alpha value is -3.84. The highest BCUT2D eigenvalue weighted by Gasteiger charge is 2.19. The number of aryl methyl sites for hydroxylation is 1. The van der Waals surface area contributed by atoms with Crippen LogP contribution in [-0.4, -0.2) is 34.7 Å². The Morgan fingerprint density at radius 2 is 1.62 bits per heavy atom. The summed E-state index contributed by atoms with van der Waals surface area (Å²) in [5.41, 5.74) is 3.00. The third-order valence-corrected chi connectivity index (χ3v) is 6.78. The molecule has 0 amide bonds. The summed E-state index contributed by atoms with van der Waals surface area (Å²) in [6.07, 6.45) is 0.774. The van der Waals surface area contributed by atoms with Gasteiger partial charge < -0.3 is 9.47 Å². The smallest absolute Gasteiger partial charge is 0.344 e. The molecular formula is C30H30N2O4S. The maximum absolute atomic E-state index is 12.6. The van der Waals surface area contributed by atoms with E-state index in [2.05, 4.69) is 24.3 Å². The van der Waals surface area contributed by atoms with Crippen LogP contribution in [0.3, 0.4) is 0 Å². The van der Waals surface area contributed by atoms with Crippen molar-refractivity contribution < 1.29 is 14.3 Å². The number of benzene rings is 3. The van der Waals surface area contributed by atoms with Crippen LogP contribution in [-0.2, 0) is 16.1 Å². The van der Waals surface area contributed by atoms with Crippen molar-refractivity contribution >= 4 is 17.7 Å². The van der Waals surface area contributed by atoms with Crippen molar-refractivity contribution in [3.8, 4) is 5.75 Å². The number of hydrogen-bond donors (Lipinski definition) is 0. The van der Waals surface area contributed by atoms with Crippen molar-refractivity contribution in [2.45, 2.75) is 30.7 Å². The normalized spacial score (nSPS) is 10.9. The summed E-state index contributed by atoms with van der Waals surface area (Å²) < 4.78 is 12.0. The fraction of sp³-hybridized carbons (Fsp3) is 0.233. The minimum absolute atomic E-state index is 0.0547. The van der Waals surface area contributed by atoms with Crippen LogP contribution < -0.4 is 10.3 Å². The zero-order valence-electron chi connectivity index (χ0n) is 20.8. The molecule has 190 valence electrons. The lowest BCUT2D eigenvalue weighted by atomic mass is 9.88. The molecule has 0 aliphatic heterocycles. The molecular weight excluding hydrogens is 484 g/mol. The number of rotatable bonds is 12. The number of thioether (sulfide) groups is 1. The number of carbonyl (C=O) groups excluding carboxylic acids is 1. The fourth-order valence-electron chi connectivity index (χ4n) is 4.01. The van der Waals surface area contributed by atoms with Gasteiger partial charge in [0.15, 0.2) is 6.61 Å². The van der Waals surface area contributed by atoms with Gasteiger partial charge in [-0.2, -0.15) is 5.10 Å². The molecule has 0 fully saturated rings. The summed E-state index contributed by atoms with van der Waals surface area (Å²) in [6.45, 7) is 2.51. The van der Waals surface area contributed by atoms with E-state index in [4.69, 9.17) is 14.6 Å². The Balaban J connectivity index is 1.40. The van der Waals surface area contributed by atoms with Crippen molar-refractivity contribution in [3.63, 3.8) is 0 Å². The summed E-state index contributed by atoms with van der Waals surface area (Å²) in [5.74, 6) is 0.987. The summed E-state index contributed by atoms with van der Waals surface area (Å²) in [6, 6.07) is 31.5. The monoisotopic (exact) mass is 514 g/mol. The van der Waals surface area contributed by atoms with Gasteiger partial charge in [-0.15, -0.1) is 11.8 Å². The minimum Gasteiger partial charge on any atom is -0.482 e. The van der Waals surface area contributed by atoms with Crippen LogP contribution in [0, 0.1) is 0 Å². The molecule has 0 bridgehead atoms. The van der Waals surface area contributed by atoms with Gasteiger partial charge in [0.05, 0.1) is 18.2 Å². The molecule has 6 nitrogen and oxygen atoms in total. The van der Waals surface area contributed by atoms with E-state index in [1.807, 2.05) is 66.7 Å². The highest BCUT2D eigenvalue weighted by atomic mass is 32.2. The Labute approximate surface area is 221 Å². The largest absolute Gasteiger partial charge is 0.482 e. The number of ether oxygens (including phenoxy) is 2. The molecule has 0 aliphatic rings. The second-order valence-electron chi connectivity index (χ2n) is 8.34. The summed E-state index contributed by atoms with van der Waals surface area (Å²) in [4.78, 5) is 25.1. The molecule has 0 spiro atoms. The van der Waals surface area contributed by atoms with E-state index in [1.54, 1.807) is 29.4 Å². The fourth-order valence-corrected chi connectivity index (χ4v) is 4.89. The standard InChI is InChI=1S/C30H30N2O4S/c1-2-35-29(34)22-36-25-15-9-16-26(21-25)37-20-10-19-32-28(33)18-17-27(31-32)30(23-11-5-3-6-12-23)24-13-7-4-8-14-24/h3-9,11-18,21,30H,2,10,19-20,22H2,1H3. The van der Waals surface area contributed by atoms with Crippen molar-refractivity contribution in [2.75, 3.05) is 19.0 Å².